The molecule has 0 saturated carbocycles. The summed E-state index contributed by atoms with van der Waals surface area (Å²) in [4.78, 5) is 24.2. The van der Waals surface area contributed by atoms with E-state index in [2.05, 4.69) is 19.2 Å². The third-order valence-corrected chi connectivity index (χ3v) is 4.41. The van der Waals surface area contributed by atoms with Crippen molar-refractivity contribution >= 4 is 5.91 Å². The van der Waals surface area contributed by atoms with E-state index in [9.17, 15) is 9.59 Å². The summed E-state index contributed by atoms with van der Waals surface area (Å²) in [6.07, 6.45) is 3.32. The van der Waals surface area contributed by atoms with Crippen LogP contribution in [0.15, 0.2) is 33.6 Å². The van der Waals surface area contributed by atoms with E-state index >= 15 is 0 Å². The first-order chi connectivity index (χ1) is 10.7. The minimum absolute atomic E-state index is 0.0576. The van der Waals surface area contributed by atoms with Gasteiger partial charge in [0.25, 0.3) is 11.5 Å². The second kappa shape index (κ2) is 5.41. The van der Waals surface area contributed by atoms with Gasteiger partial charge in [-0.15, -0.1) is 0 Å². The Hall–Kier alpha value is -2.30. The van der Waals surface area contributed by atoms with Gasteiger partial charge in [-0.1, -0.05) is 13.8 Å². The van der Waals surface area contributed by atoms with Crippen molar-refractivity contribution in [3.05, 3.63) is 57.4 Å². The third-order valence-electron chi connectivity index (χ3n) is 4.41. The Kier molecular flexibility index (Phi) is 3.66. The smallest absolute Gasteiger partial charge is 0.252 e. The number of hydrogen-bond acceptors (Lipinski definition) is 3. The Labute approximate surface area is 135 Å². The lowest BCUT2D eigenvalue weighted by molar-refractivity contribution is 0.0917. The zero-order chi connectivity index (χ0) is 16.8. The van der Waals surface area contributed by atoms with Gasteiger partial charge in [0.15, 0.2) is 0 Å². The number of fused-ring (bicyclic) bond motifs is 1. The van der Waals surface area contributed by atoms with Gasteiger partial charge in [-0.2, -0.15) is 0 Å². The molecule has 1 amide bonds. The number of hydrogen-bond donors (Lipinski definition) is 1. The predicted molar refractivity (Wildman–Crippen MR) is 87.4 cm³/mol. The molecule has 2 heterocycles. The topological polar surface area (TPSA) is 64.2 Å². The van der Waals surface area contributed by atoms with E-state index in [0.29, 0.717) is 5.56 Å². The molecule has 122 valence electrons. The maximum atomic E-state index is 12.5. The normalized spacial score (nSPS) is 19.2. The van der Waals surface area contributed by atoms with Crippen LogP contribution in [0, 0.1) is 12.3 Å². The van der Waals surface area contributed by atoms with Gasteiger partial charge in [0.2, 0.25) is 0 Å². The van der Waals surface area contributed by atoms with Gasteiger partial charge in [0.1, 0.15) is 11.5 Å². The molecule has 0 bridgehead atoms. The molecule has 0 fully saturated rings. The minimum Gasteiger partial charge on any atom is -0.466 e. The van der Waals surface area contributed by atoms with E-state index in [1.54, 1.807) is 19.3 Å². The quantitative estimate of drug-likeness (QED) is 0.927. The van der Waals surface area contributed by atoms with E-state index in [4.69, 9.17) is 4.42 Å². The van der Waals surface area contributed by atoms with Gasteiger partial charge in [-0.25, -0.2) is 0 Å². The van der Waals surface area contributed by atoms with Crippen molar-refractivity contribution in [2.24, 2.45) is 12.5 Å². The highest BCUT2D eigenvalue weighted by atomic mass is 16.3. The number of aromatic nitrogens is 1. The molecule has 5 nitrogen and oxygen atoms in total. The van der Waals surface area contributed by atoms with Gasteiger partial charge in [0, 0.05) is 36.9 Å². The Morgan fingerprint density at radius 3 is 2.83 bits per heavy atom. The lowest BCUT2D eigenvalue weighted by atomic mass is 9.74. The second-order valence-electron chi connectivity index (χ2n) is 7.17. The molecule has 1 atom stereocenters. The van der Waals surface area contributed by atoms with Crippen LogP contribution < -0.4 is 10.9 Å². The number of nitrogens with one attached hydrogen (secondary N) is 1. The molecule has 1 aliphatic carbocycles. The average Bonchev–Trinajstić information content (AvgIpc) is 2.80. The van der Waals surface area contributed by atoms with E-state index in [1.165, 1.54) is 10.6 Å². The first-order valence-electron chi connectivity index (χ1n) is 7.82. The Balaban J connectivity index is 1.88. The summed E-state index contributed by atoms with van der Waals surface area (Å²) in [6.45, 7) is 6.27. The van der Waals surface area contributed by atoms with Crippen molar-refractivity contribution in [3.8, 4) is 0 Å². The van der Waals surface area contributed by atoms with Crippen LogP contribution >= 0.6 is 0 Å². The standard InChI is InChI=1S/C18H22N2O3/c1-11-7-13-14(9-18(2,3)10-15(13)23-11)19-17(22)12-5-6-20(4)16(21)8-12/h5-8,14H,9-10H2,1-4H3,(H,19,22)/t14-/m1/s1. The molecule has 0 aliphatic heterocycles. The van der Waals surface area contributed by atoms with Crippen LogP contribution in [-0.4, -0.2) is 10.5 Å². The molecule has 0 aromatic carbocycles. The van der Waals surface area contributed by atoms with Crippen molar-refractivity contribution < 1.29 is 9.21 Å². The first kappa shape index (κ1) is 15.6. The number of amides is 1. The fourth-order valence-corrected chi connectivity index (χ4v) is 3.24. The van der Waals surface area contributed by atoms with Crippen LogP contribution in [0.2, 0.25) is 0 Å². The van der Waals surface area contributed by atoms with Crippen molar-refractivity contribution in [1.82, 2.24) is 9.88 Å². The Bertz CT molecular complexity index is 814. The summed E-state index contributed by atoms with van der Waals surface area (Å²) in [5.74, 6) is 1.59. The van der Waals surface area contributed by atoms with Gasteiger partial charge in [-0.3, -0.25) is 9.59 Å². The highest BCUT2D eigenvalue weighted by molar-refractivity contribution is 5.94. The monoisotopic (exact) mass is 314 g/mol. The summed E-state index contributed by atoms with van der Waals surface area (Å²) in [5, 5.41) is 3.06. The molecule has 0 spiro atoms. The Morgan fingerprint density at radius 2 is 2.13 bits per heavy atom. The van der Waals surface area contributed by atoms with Crippen LogP contribution in [0.3, 0.4) is 0 Å². The fourth-order valence-electron chi connectivity index (χ4n) is 3.24. The molecule has 5 heteroatoms. The molecule has 1 aliphatic rings. The van der Waals surface area contributed by atoms with Gasteiger partial charge < -0.3 is 14.3 Å². The molecule has 0 unspecified atom stereocenters. The molecule has 0 radical (unpaired) electrons. The number of rotatable bonds is 2. The van der Waals surface area contributed by atoms with Crippen LogP contribution in [0.1, 0.15) is 53.8 Å². The van der Waals surface area contributed by atoms with Crippen LogP contribution in [0.25, 0.3) is 0 Å². The van der Waals surface area contributed by atoms with E-state index in [-0.39, 0.29) is 22.9 Å². The molecule has 3 rings (SSSR count). The number of pyridine rings is 1. The maximum absolute atomic E-state index is 12.5. The van der Waals surface area contributed by atoms with Crippen molar-refractivity contribution in [1.29, 1.82) is 0 Å². The SMILES string of the molecule is Cc1cc2c(o1)CC(C)(C)C[C@H]2NC(=O)c1ccn(C)c(=O)c1. The summed E-state index contributed by atoms with van der Waals surface area (Å²) in [7, 11) is 1.66. The van der Waals surface area contributed by atoms with Crippen molar-refractivity contribution in [2.75, 3.05) is 0 Å². The number of carbonyl (C=O) groups is 1. The molecular formula is C18H22N2O3. The Morgan fingerprint density at radius 1 is 1.39 bits per heavy atom. The number of nitrogens with zero attached hydrogens (tertiary/aromatic N) is 1. The molecular weight excluding hydrogens is 292 g/mol. The van der Waals surface area contributed by atoms with Gasteiger partial charge >= 0.3 is 0 Å². The highest BCUT2D eigenvalue weighted by Crippen LogP contribution is 2.42. The first-order valence-corrected chi connectivity index (χ1v) is 7.82. The van der Waals surface area contributed by atoms with Crippen LogP contribution in [0.4, 0.5) is 0 Å². The number of furan rings is 1. The van der Waals surface area contributed by atoms with E-state index in [1.807, 2.05) is 13.0 Å². The number of aryl methyl sites for hydroxylation is 2. The maximum Gasteiger partial charge on any atom is 0.252 e. The summed E-state index contributed by atoms with van der Waals surface area (Å²) < 4.78 is 7.23. The van der Waals surface area contributed by atoms with Crippen molar-refractivity contribution in [2.45, 2.75) is 39.7 Å². The summed E-state index contributed by atoms with van der Waals surface area (Å²) in [5.41, 5.74) is 1.31. The molecule has 2 aromatic rings. The predicted octanol–water partition coefficient (Wildman–Crippen LogP) is 2.73. The largest absolute Gasteiger partial charge is 0.466 e. The lowest BCUT2D eigenvalue weighted by Crippen LogP contribution is -2.36. The zero-order valence-corrected chi connectivity index (χ0v) is 14.0. The molecule has 23 heavy (non-hydrogen) atoms. The van der Waals surface area contributed by atoms with E-state index < -0.39 is 0 Å². The van der Waals surface area contributed by atoms with Crippen LogP contribution in [-0.2, 0) is 13.5 Å². The average molecular weight is 314 g/mol. The van der Waals surface area contributed by atoms with Crippen LogP contribution in [0.5, 0.6) is 0 Å². The van der Waals surface area contributed by atoms with Gasteiger partial charge in [0.05, 0.1) is 6.04 Å². The third kappa shape index (κ3) is 3.09. The minimum atomic E-state index is -0.227. The highest BCUT2D eigenvalue weighted by Gasteiger charge is 2.35. The second-order valence-corrected chi connectivity index (χ2v) is 7.17. The van der Waals surface area contributed by atoms with E-state index in [0.717, 1.165) is 29.9 Å². The summed E-state index contributed by atoms with van der Waals surface area (Å²) in [6, 6.07) is 4.93. The lowest BCUT2D eigenvalue weighted by Gasteiger charge is -2.34. The number of carbonyl (C=O) groups excluding carboxylic acids is 1. The van der Waals surface area contributed by atoms with Crippen molar-refractivity contribution in [3.63, 3.8) is 0 Å². The fraction of sp³-hybridized carbons (Fsp3) is 0.444. The zero-order valence-electron chi connectivity index (χ0n) is 14.0. The van der Waals surface area contributed by atoms with Gasteiger partial charge in [-0.05, 0) is 30.9 Å². The molecule has 2 aromatic heterocycles. The molecule has 0 saturated heterocycles. The summed E-state index contributed by atoms with van der Waals surface area (Å²) >= 11 is 0. The molecule has 1 N–H and O–H groups in total.